The molecule has 1 aliphatic rings. The first kappa shape index (κ1) is 21.6. The minimum absolute atomic E-state index is 0. The Kier molecular flexibility index (Phi) is 6.83. The van der Waals surface area contributed by atoms with Crippen LogP contribution >= 0.6 is 24.8 Å². The van der Waals surface area contributed by atoms with Crippen molar-refractivity contribution in [3.8, 4) is 0 Å². The summed E-state index contributed by atoms with van der Waals surface area (Å²) in [4.78, 5) is 4.68. The van der Waals surface area contributed by atoms with Gasteiger partial charge in [-0.2, -0.15) is 0 Å². The zero-order chi connectivity index (χ0) is 18.2. The van der Waals surface area contributed by atoms with E-state index in [1.54, 1.807) is 4.44 Å². The van der Waals surface area contributed by atoms with E-state index >= 15 is 0 Å². The van der Waals surface area contributed by atoms with Crippen molar-refractivity contribution in [1.82, 2.24) is 4.98 Å². The third-order valence-corrected chi connectivity index (χ3v) is 8.48. The number of pyridine rings is 1. The molecule has 0 spiro atoms. The van der Waals surface area contributed by atoms with E-state index in [0.29, 0.717) is 0 Å². The second-order valence-electron chi connectivity index (χ2n) is 6.84. The maximum absolute atomic E-state index is 4.68. The van der Waals surface area contributed by atoms with Gasteiger partial charge in [-0.3, -0.25) is 0 Å². The van der Waals surface area contributed by atoms with Crippen LogP contribution in [0.2, 0.25) is 5.79 Å². The van der Waals surface area contributed by atoms with E-state index < -0.39 is 14.1 Å². The number of hydrogen-bond acceptors (Lipinski definition) is 1. The topological polar surface area (TPSA) is 12.9 Å². The van der Waals surface area contributed by atoms with Gasteiger partial charge in [-0.25, -0.2) is 0 Å². The molecule has 4 aromatic rings. The van der Waals surface area contributed by atoms with E-state index in [2.05, 4.69) is 89.7 Å². The second-order valence-corrected chi connectivity index (χ2v) is 9.94. The fourth-order valence-electron chi connectivity index (χ4n) is 3.84. The van der Waals surface area contributed by atoms with Gasteiger partial charge in [-0.1, -0.05) is 0 Å². The number of nitrogens with zero attached hydrogens (tertiary/aromatic N) is 1. The molecule has 1 aliphatic carbocycles. The normalized spacial score (nSPS) is 13.0. The first-order valence-corrected chi connectivity index (χ1v) is 11.7. The minimum atomic E-state index is -1.08. The molecule has 0 saturated heterocycles. The molecule has 0 saturated carbocycles. The molecule has 0 atom stereocenters. The van der Waals surface area contributed by atoms with Crippen molar-refractivity contribution in [2.24, 2.45) is 0 Å². The Labute approximate surface area is 188 Å². The Balaban J connectivity index is 0.00000120. The SMILES string of the molecule is Cl.Cl.[CH3][Cr]([C]1=CC(c2cccc3ccccc23)=CC1)[c]1cccc2cccnc12. The van der Waals surface area contributed by atoms with Gasteiger partial charge in [0.1, 0.15) is 0 Å². The van der Waals surface area contributed by atoms with Gasteiger partial charge < -0.3 is 0 Å². The van der Waals surface area contributed by atoms with Crippen LogP contribution in [0.25, 0.3) is 27.2 Å². The molecule has 0 bridgehead atoms. The molecule has 1 nitrogen and oxygen atoms in total. The average Bonchev–Trinajstić information content (AvgIpc) is 3.22. The van der Waals surface area contributed by atoms with Gasteiger partial charge in [-0.05, 0) is 0 Å². The molecule has 1 aromatic heterocycles. The van der Waals surface area contributed by atoms with Crippen molar-refractivity contribution >= 4 is 56.5 Å². The Bertz CT molecular complexity index is 1220. The Morgan fingerprint density at radius 1 is 0.793 bits per heavy atom. The van der Waals surface area contributed by atoms with Gasteiger partial charge in [0.05, 0.1) is 0 Å². The van der Waals surface area contributed by atoms with Crippen LogP contribution in [-0.4, -0.2) is 4.98 Å². The van der Waals surface area contributed by atoms with Crippen LogP contribution < -0.4 is 4.43 Å². The number of rotatable bonds is 3. The van der Waals surface area contributed by atoms with Crippen molar-refractivity contribution in [1.29, 1.82) is 0 Å². The molecule has 0 aliphatic heterocycles. The summed E-state index contributed by atoms with van der Waals surface area (Å²) in [5, 5.41) is 3.88. The summed E-state index contributed by atoms with van der Waals surface area (Å²) < 4.78 is 3.02. The van der Waals surface area contributed by atoms with Crippen molar-refractivity contribution < 1.29 is 14.1 Å². The maximum atomic E-state index is 4.68. The molecular formula is C25H22Cl2CrN. The van der Waals surface area contributed by atoms with Gasteiger partial charge >= 0.3 is 164 Å². The van der Waals surface area contributed by atoms with Crippen molar-refractivity contribution in [2.45, 2.75) is 12.2 Å². The first-order valence-electron chi connectivity index (χ1n) is 9.20. The van der Waals surface area contributed by atoms with Crippen LogP contribution in [0.5, 0.6) is 0 Å². The summed E-state index contributed by atoms with van der Waals surface area (Å²) in [7, 11) is 0. The van der Waals surface area contributed by atoms with E-state index in [1.807, 2.05) is 12.3 Å². The van der Waals surface area contributed by atoms with Gasteiger partial charge in [0.25, 0.3) is 0 Å². The van der Waals surface area contributed by atoms with E-state index in [-0.39, 0.29) is 24.8 Å². The van der Waals surface area contributed by atoms with Crippen LogP contribution in [0, 0.1) is 0 Å². The summed E-state index contributed by atoms with van der Waals surface area (Å²) in [6.07, 6.45) is 7.81. The van der Waals surface area contributed by atoms with E-state index in [9.17, 15) is 0 Å². The fraction of sp³-hybridized carbons (Fsp3) is 0.0800. The number of para-hydroxylation sites is 1. The summed E-state index contributed by atoms with van der Waals surface area (Å²) >= 11 is -1.08. The molecule has 5 rings (SSSR count). The van der Waals surface area contributed by atoms with E-state index in [1.165, 1.54) is 37.2 Å². The van der Waals surface area contributed by atoms with E-state index in [0.717, 1.165) is 6.42 Å². The second kappa shape index (κ2) is 9.16. The van der Waals surface area contributed by atoms with Crippen molar-refractivity contribution in [3.63, 3.8) is 0 Å². The Hall–Kier alpha value is -2.08. The Morgan fingerprint density at radius 2 is 1.52 bits per heavy atom. The number of hydrogen-bond donors (Lipinski definition) is 0. The molecule has 0 amide bonds. The fourth-order valence-corrected chi connectivity index (χ4v) is 6.44. The summed E-state index contributed by atoms with van der Waals surface area (Å²) in [6, 6.07) is 26.1. The predicted molar refractivity (Wildman–Crippen MR) is 126 cm³/mol. The zero-order valence-electron chi connectivity index (χ0n) is 16.0. The molecule has 1 heterocycles. The zero-order valence-corrected chi connectivity index (χ0v) is 18.9. The molecule has 29 heavy (non-hydrogen) atoms. The summed E-state index contributed by atoms with van der Waals surface area (Å²) in [5.74, 6) is 2.43. The van der Waals surface area contributed by atoms with Crippen molar-refractivity contribution in [2.75, 3.05) is 0 Å². The van der Waals surface area contributed by atoms with Crippen LogP contribution in [0.1, 0.15) is 12.0 Å². The van der Waals surface area contributed by atoms with Crippen LogP contribution in [0.3, 0.4) is 0 Å². The van der Waals surface area contributed by atoms with E-state index in [4.69, 9.17) is 0 Å². The number of allylic oxidation sites excluding steroid dienone is 4. The molecule has 147 valence electrons. The average molecular weight is 459 g/mol. The van der Waals surface area contributed by atoms with Gasteiger partial charge in [0.2, 0.25) is 0 Å². The number of fused-ring (bicyclic) bond motifs is 2. The van der Waals surface area contributed by atoms with Crippen LogP contribution in [-0.2, 0) is 14.1 Å². The molecule has 0 radical (unpaired) electrons. The Morgan fingerprint density at radius 3 is 2.41 bits per heavy atom. The third kappa shape index (κ3) is 4.00. The number of aromatic nitrogens is 1. The standard InChI is InChI=1S/C15H11.C9H6N.CH3.2ClH.Cr/c1-2-7-12(6-1)15-11-5-9-13-8-3-4-10-14(13)15;1-2-6-9-8(4-1)5-3-7-10-9;;;;/h3-11H,1H2;1-5,7H;1H3;2*1H;. The quantitative estimate of drug-likeness (QED) is 0.325. The monoisotopic (exact) mass is 458 g/mol. The summed E-state index contributed by atoms with van der Waals surface area (Å²) in [5.41, 5.74) is 3.88. The van der Waals surface area contributed by atoms with Gasteiger partial charge in [-0.15, -0.1) is 24.8 Å². The van der Waals surface area contributed by atoms with Crippen LogP contribution in [0.4, 0.5) is 0 Å². The first-order chi connectivity index (χ1) is 13.3. The van der Waals surface area contributed by atoms with Crippen LogP contribution in [0.15, 0.2) is 95.6 Å². The summed E-state index contributed by atoms with van der Waals surface area (Å²) in [6.45, 7) is 0. The van der Waals surface area contributed by atoms with Gasteiger partial charge in [0, 0.05) is 0 Å². The van der Waals surface area contributed by atoms with Gasteiger partial charge in [0.15, 0.2) is 0 Å². The molecule has 0 N–H and O–H groups in total. The molecular weight excluding hydrogens is 437 g/mol. The number of benzene rings is 3. The molecule has 4 heteroatoms. The molecule has 0 fully saturated rings. The third-order valence-electron chi connectivity index (χ3n) is 5.26. The number of halogens is 2. The molecule has 3 aromatic carbocycles. The van der Waals surface area contributed by atoms with Crippen molar-refractivity contribution in [3.05, 3.63) is 101 Å². The molecule has 0 unspecified atom stereocenters. The predicted octanol–water partition coefficient (Wildman–Crippen LogP) is 6.89.